The van der Waals surface area contributed by atoms with E-state index in [9.17, 15) is 5.21 Å². The van der Waals surface area contributed by atoms with Gasteiger partial charge in [0.25, 0.3) is 0 Å². The van der Waals surface area contributed by atoms with Gasteiger partial charge in [-0.2, -0.15) is 0 Å². The number of hydroxylamine groups is 1. The first kappa shape index (κ1) is 11.3. The van der Waals surface area contributed by atoms with Crippen molar-refractivity contribution in [2.45, 2.75) is 32.6 Å². The summed E-state index contributed by atoms with van der Waals surface area (Å²) in [6.07, 6.45) is 2.13. The number of hydrogen-bond acceptors (Lipinski definition) is 3. The molecule has 1 aromatic carbocycles. The predicted molar refractivity (Wildman–Crippen MR) is 67.4 cm³/mol. The second-order valence-corrected chi connectivity index (χ2v) is 4.51. The minimum Gasteiger partial charge on any atom is -0.385 e. The van der Waals surface area contributed by atoms with Crippen LogP contribution in [0.5, 0.6) is 0 Å². The Hall–Kier alpha value is -1.22. The average molecular weight is 220 g/mol. The van der Waals surface area contributed by atoms with Crippen molar-refractivity contribution in [1.29, 1.82) is 0 Å². The van der Waals surface area contributed by atoms with Crippen LogP contribution in [0.4, 0.5) is 11.4 Å². The molecule has 0 radical (unpaired) electrons. The summed E-state index contributed by atoms with van der Waals surface area (Å²) in [5.41, 5.74) is 3.41. The highest BCUT2D eigenvalue weighted by Crippen LogP contribution is 2.33. The monoisotopic (exact) mass is 220 g/mol. The fourth-order valence-electron chi connectivity index (χ4n) is 2.21. The van der Waals surface area contributed by atoms with Crippen LogP contribution in [0, 0.1) is 0 Å². The molecule has 0 fully saturated rings. The van der Waals surface area contributed by atoms with Gasteiger partial charge in [0.2, 0.25) is 0 Å². The van der Waals surface area contributed by atoms with Gasteiger partial charge in [-0.1, -0.05) is 19.9 Å². The standard InChI is InChI=1S/C13H20N2O/c1-3-8-15(16)11-4-5-12-10(2)6-7-14-13(12)9-11/h4-5,9-10,14,16H,3,6-8H2,1-2H3. The molecule has 0 spiro atoms. The summed E-state index contributed by atoms with van der Waals surface area (Å²) >= 11 is 0. The summed E-state index contributed by atoms with van der Waals surface area (Å²) in [7, 11) is 0. The smallest absolute Gasteiger partial charge is 0.0654 e. The van der Waals surface area contributed by atoms with Gasteiger partial charge in [0.05, 0.1) is 5.69 Å². The topological polar surface area (TPSA) is 35.5 Å². The number of hydrogen-bond donors (Lipinski definition) is 2. The molecule has 1 unspecified atom stereocenters. The van der Waals surface area contributed by atoms with Crippen molar-refractivity contribution in [1.82, 2.24) is 0 Å². The van der Waals surface area contributed by atoms with E-state index in [1.165, 1.54) is 22.7 Å². The Morgan fingerprint density at radius 3 is 3.06 bits per heavy atom. The zero-order valence-corrected chi connectivity index (χ0v) is 10.0. The highest BCUT2D eigenvalue weighted by molar-refractivity contribution is 5.63. The molecule has 2 N–H and O–H groups in total. The fourth-order valence-corrected chi connectivity index (χ4v) is 2.21. The number of anilines is 2. The first-order valence-corrected chi connectivity index (χ1v) is 6.06. The number of fused-ring (bicyclic) bond motifs is 1. The Morgan fingerprint density at radius 1 is 1.50 bits per heavy atom. The third-order valence-corrected chi connectivity index (χ3v) is 3.19. The Labute approximate surface area is 97.0 Å². The van der Waals surface area contributed by atoms with Gasteiger partial charge in [-0.25, -0.2) is 0 Å². The van der Waals surface area contributed by atoms with Gasteiger partial charge < -0.3 is 5.32 Å². The summed E-state index contributed by atoms with van der Waals surface area (Å²) in [6.45, 7) is 6.01. The van der Waals surface area contributed by atoms with Crippen LogP contribution >= 0.6 is 0 Å². The Kier molecular flexibility index (Phi) is 3.34. The fraction of sp³-hybridized carbons (Fsp3) is 0.538. The Morgan fingerprint density at radius 2 is 2.31 bits per heavy atom. The van der Waals surface area contributed by atoms with E-state index in [0.717, 1.165) is 18.7 Å². The molecule has 1 aliphatic heterocycles. The Balaban J connectivity index is 2.24. The van der Waals surface area contributed by atoms with Crippen molar-refractivity contribution in [3.63, 3.8) is 0 Å². The van der Waals surface area contributed by atoms with E-state index in [1.54, 1.807) is 0 Å². The molecular formula is C13H20N2O. The molecule has 0 saturated heterocycles. The first-order chi connectivity index (χ1) is 7.72. The van der Waals surface area contributed by atoms with E-state index in [2.05, 4.69) is 25.2 Å². The maximum Gasteiger partial charge on any atom is 0.0654 e. The van der Waals surface area contributed by atoms with Gasteiger partial charge in [0, 0.05) is 18.8 Å². The summed E-state index contributed by atoms with van der Waals surface area (Å²) in [4.78, 5) is 0. The summed E-state index contributed by atoms with van der Waals surface area (Å²) in [5, 5.41) is 14.5. The van der Waals surface area contributed by atoms with E-state index in [1.807, 2.05) is 12.1 Å². The molecule has 3 heteroatoms. The molecule has 3 nitrogen and oxygen atoms in total. The van der Waals surface area contributed by atoms with Crippen LogP contribution in [0.25, 0.3) is 0 Å². The van der Waals surface area contributed by atoms with Crippen LogP contribution in [-0.2, 0) is 0 Å². The maximum atomic E-state index is 9.79. The minimum absolute atomic E-state index is 0.614. The molecular weight excluding hydrogens is 200 g/mol. The lowest BCUT2D eigenvalue weighted by Gasteiger charge is -2.26. The van der Waals surface area contributed by atoms with Crippen molar-refractivity contribution >= 4 is 11.4 Å². The van der Waals surface area contributed by atoms with Gasteiger partial charge in [-0.05, 0) is 36.5 Å². The van der Waals surface area contributed by atoms with Gasteiger partial charge in [-0.3, -0.25) is 10.3 Å². The molecule has 88 valence electrons. The third kappa shape index (κ3) is 2.14. The zero-order chi connectivity index (χ0) is 11.5. The van der Waals surface area contributed by atoms with Crippen LogP contribution in [0.3, 0.4) is 0 Å². The second-order valence-electron chi connectivity index (χ2n) is 4.51. The molecule has 0 bridgehead atoms. The summed E-state index contributed by atoms with van der Waals surface area (Å²) in [6, 6.07) is 6.17. The summed E-state index contributed by atoms with van der Waals surface area (Å²) in [5.74, 6) is 0.614. The molecule has 0 aromatic heterocycles. The van der Waals surface area contributed by atoms with Crippen LogP contribution in [-0.4, -0.2) is 18.3 Å². The Bertz CT molecular complexity index is 365. The lowest BCUT2D eigenvalue weighted by Crippen LogP contribution is -2.20. The van der Waals surface area contributed by atoms with Crippen molar-refractivity contribution < 1.29 is 5.21 Å². The summed E-state index contributed by atoms with van der Waals surface area (Å²) < 4.78 is 0. The van der Waals surface area contributed by atoms with E-state index in [-0.39, 0.29) is 0 Å². The number of nitrogens with one attached hydrogen (secondary N) is 1. The predicted octanol–water partition coefficient (Wildman–Crippen LogP) is 3.21. The second kappa shape index (κ2) is 4.74. The molecule has 1 aromatic rings. The zero-order valence-electron chi connectivity index (χ0n) is 10.0. The molecule has 1 aliphatic rings. The maximum absolute atomic E-state index is 9.79. The van der Waals surface area contributed by atoms with Crippen LogP contribution in [0.15, 0.2) is 18.2 Å². The number of rotatable bonds is 3. The SMILES string of the molecule is CCCN(O)c1ccc2c(c1)NCCC2C. The van der Waals surface area contributed by atoms with Crippen molar-refractivity contribution in [3.8, 4) is 0 Å². The quantitative estimate of drug-likeness (QED) is 0.768. The van der Waals surface area contributed by atoms with E-state index in [0.29, 0.717) is 12.5 Å². The van der Waals surface area contributed by atoms with Gasteiger partial charge in [-0.15, -0.1) is 0 Å². The van der Waals surface area contributed by atoms with Crippen molar-refractivity contribution in [3.05, 3.63) is 23.8 Å². The molecule has 0 saturated carbocycles. The normalized spacial score (nSPS) is 18.8. The lowest BCUT2D eigenvalue weighted by molar-refractivity contribution is 0.254. The first-order valence-electron chi connectivity index (χ1n) is 6.06. The van der Waals surface area contributed by atoms with Crippen LogP contribution in [0.1, 0.15) is 38.2 Å². The van der Waals surface area contributed by atoms with Gasteiger partial charge in [0.1, 0.15) is 0 Å². The molecule has 0 amide bonds. The molecule has 1 atom stereocenters. The van der Waals surface area contributed by atoms with Gasteiger partial charge in [0.15, 0.2) is 0 Å². The minimum atomic E-state index is 0.614. The van der Waals surface area contributed by atoms with E-state index in [4.69, 9.17) is 0 Å². The van der Waals surface area contributed by atoms with Crippen LogP contribution in [0.2, 0.25) is 0 Å². The van der Waals surface area contributed by atoms with Crippen LogP contribution < -0.4 is 10.4 Å². The van der Waals surface area contributed by atoms with E-state index >= 15 is 0 Å². The third-order valence-electron chi connectivity index (χ3n) is 3.19. The van der Waals surface area contributed by atoms with Gasteiger partial charge >= 0.3 is 0 Å². The van der Waals surface area contributed by atoms with E-state index < -0.39 is 0 Å². The van der Waals surface area contributed by atoms with Crippen molar-refractivity contribution in [2.24, 2.45) is 0 Å². The molecule has 2 rings (SSSR count). The molecule has 16 heavy (non-hydrogen) atoms. The molecule has 1 heterocycles. The highest BCUT2D eigenvalue weighted by Gasteiger charge is 2.16. The molecule has 0 aliphatic carbocycles. The highest BCUT2D eigenvalue weighted by atomic mass is 16.5. The average Bonchev–Trinajstić information content (AvgIpc) is 2.29. The van der Waals surface area contributed by atoms with Crippen molar-refractivity contribution in [2.75, 3.05) is 23.5 Å². The number of benzene rings is 1. The lowest BCUT2D eigenvalue weighted by atomic mass is 9.92. The number of nitrogens with zero attached hydrogens (tertiary/aromatic N) is 1. The largest absolute Gasteiger partial charge is 0.385 e.